The predicted octanol–water partition coefficient (Wildman–Crippen LogP) is 3.88. The standard InChI is InChI=1S/C17H17NO3/c1-2-10-20-17-5-3-4-16-15(17)8-9-18(16)11-13-6-7-14(12-19)21-13/h3-9,12H,2,10-11H2,1H3. The molecular formula is C17H17NO3. The van der Waals surface area contributed by atoms with Crippen molar-refractivity contribution in [3.63, 3.8) is 0 Å². The lowest BCUT2D eigenvalue weighted by Gasteiger charge is -2.07. The summed E-state index contributed by atoms with van der Waals surface area (Å²) in [4.78, 5) is 10.7. The van der Waals surface area contributed by atoms with E-state index in [4.69, 9.17) is 9.15 Å². The van der Waals surface area contributed by atoms with Crippen LogP contribution in [0.5, 0.6) is 5.75 Å². The summed E-state index contributed by atoms with van der Waals surface area (Å²) in [6, 6.07) is 11.6. The van der Waals surface area contributed by atoms with E-state index in [0.717, 1.165) is 28.8 Å². The van der Waals surface area contributed by atoms with Crippen LogP contribution < -0.4 is 4.74 Å². The molecule has 3 aromatic rings. The zero-order valence-corrected chi connectivity index (χ0v) is 11.9. The van der Waals surface area contributed by atoms with Crippen molar-refractivity contribution >= 4 is 17.2 Å². The number of aldehydes is 1. The van der Waals surface area contributed by atoms with Gasteiger partial charge in [0.15, 0.2) is 12.0 Å². The van der Waals surface area contributed by atoms with Crippen molar-refractivity contribution in [2.45, 2.75) is 19.9 Å². The minimum atomic E-state index is 0.355. The molecule has 4 heteroatoms. The summed E-state index contributed by atoms with van der Waals surface area (Å²) in [5.41, 5.74) is 1.09. The van der Waals surface area contributed by atoms with Gasteiger partial charge < -0.3 is 13.7 Å². The predicted molar refractivity (Wildman–Crippen MR) is 80.9 cm³/mol. The molecule has 0 spiro atoms. The van der Waals surface area contributed by atoms with Gasteiger partial charge in [-0.05, 0) is 36.8 Å². The highest BCUT2D eigenvalue weighted by Gasteiger charge is 2.08. The van der Waals surface area contributed by atoms with E-state index in [-0.39, 0.29) is 0 Å². The van der Waals surface area contributed by atoms with E-state index in [0.29, 0.717) is 25.2 Å². The Bertz CT molecular complexity index is 754. The third-order valence-corrected chi connectivity index (χ3v) is 3.36. The summed E-state index contributed by atoms with van der Waals surface area (Å²) in [6.07, 6.45) is 3.71. The Balaban J connectivity index is 1.91. The van der Waals surface area contributed by atoms with E-state index in [2.05, 4.69) is 17.6 Å². The quantitative estimate of drug-likeness (QED) is 0.645. The number of rotatable bonds is 6. The Hall–Kier alpha value is -2.49. The lowest BCUT2D eigenvalue weighted by molar-refractivity contribution is 0.109. The van der Waals surface area contributed by atoms with Gasteiger partial charge in [0.2, 0.25) is 0 Å². The molecule has 21 heavy (non-hydrogen) atoms. The van der Waals surface area contributed by atoms with Gasteiger partial charge in [0.1, 0.15) is 11.5 Å². The SMILES string of the molecule is CCCOc1cccc2c1ccn2Cc1ccc(C=O)o1. The molecule has 0 bridgehead atoms. The van der Waals surface area contributed by atoms with Crippen LogP contribution in [0.15, 0.2) is 47.0 Å². The second kappa shape index (κ2) is 5.87. The van der Waals surface area contributed by atoms with Crippen molar-refractivity contribution in [2.75, 3.05) is 6.61 Å². The normalized spacial score (nSPS) is 10.9. The van der Waals surface area contributed by atoms with Crippen LogP contribution in [-0.4, -0.2) is 17.5 Å². The van der Waals surface area contributed by atoms with Gasteiger partial charge in [-0.2, -0.15) is 0 Å². The number of fused-ring (bicyclic) bond motifs is 1. The Morgan fingerprint density at radius 2 is 2.14 bits per heavy atom. The number of aromatic nitrogens is 1. The summed E-state index contributed by atoms with van der Waals surface area (Å²) < 4.78 is 13.3. The third-order valence-electron chi connectivity index (χ3n) is 3.36. The molecule has 0 saturated carbocycles. The van der Waals surface area contributed by atoms with Crippen LogP contribution >= 0.6 is 0 Å². The van der Waals surface area contributed by atoms with Gasteiger partial charge in [-0.25, -0.2) is 0 Å². The summed E-state index contributed by atoms with van der Waals surface area (Å²) >= 11 is 0. The number of furan rings is 1. The second-order valence-electron chi connectivity index (χ2n) is 4.90. The number of carbonyl (C=O) groups excluding carboxylic acids is 1. The van der Waals surface area contributed by atoms with Crippen LogP contribution in [0, 0.1) is 0 Å². The lowest BCUT2D eigenvalue weighted by atomic mass is 10.2. The molecule has 0 aliphatic carbocycles. The fourth-order valence-corrected chi connectivity index (χ4v) is 2.38. The number of hydrogen-bond acceptors (Lipinski definition) is 3. The number of ether oxygens (including phenoxy) is 1. The van der Waals surface area contributed by atoms with Crippen LogP contribution in [-0.2, 0) is 6.54 Å². The van der Waals surface area contributed by atoms with E-state index >= 15 is 0 Å². The molecule has 4 nitrogen and oxygen atoms in total. The highest BCUT2D eigenvalue weighted by Crippen LogP contribution is 2.27. The molecule has 0 atom stereocenters. The molecule has 0 N–H and O–H groups in total. The molecule has 0 fully saturated rings. The second-order valence-corrected chi connectivity index (χ2v) is 4.90. The van der Waals surface area contributed by atoms with Gasteiger partial charge in [0, 0.05) is 11.6 Å². The van der Waals surface area contributed by atoms with Crippen molar-refractivity contribution in [1.82, 2.24) is 4.57 Å². The Morgan fingerprint density at radius 1 is 1.24 bits per heavy atom. The molecule has 0 unspecified atom stereocenters. The molecule has 0 aliphatic rings. The van der Waals surface area contributed by atoms with Gasteiger partial charge in [0.25, 0.3) is 0 Å². The zero-order chi connectivity index (χ0) is 14.7. The number of nitrogens with zero attached hydrogens (tertiary/aromatic N) is 1. The average Bonchev–Trinajstić information content (AvgIpc) is 3.13. The molecule has 1 aromatic carbocycles. The largest absolute Gasteiger partial charge is 0.493 e. The van der Waals surface area contributed by atoms with E-state index in [1.54, 1.807) is 6.07 Å². The zero-order valence-electron chi connectivity index (χ0n) is 11.9. The number of hydrogen-bond donors (Lipinski definition) is 0. The molecule has 108 valence electrons. The first kappa shape index (κ1) is 13.5. The smallest absolute Gasteiger partial charge is 0.185 e. The summed E-state index contributed by atoms with van der Waals surface area (Å²) in [6.45, 7) is 3.40. The molecule has 2 heterocycles. The van der Waals surface area contributed by atoms with Crippen LogP contribution in [0.25, 0.3) is 10.9 Å². The van der Waals surface area contributed by atoms with Gasteiger partial charge in [-0.3, -0.25) is 4.79 Å². The van der Waals surface area contributed by atoms with Crippen LogP contribution in [0.4, 0.5) is 0 Å². The first-order valence-electron chi connectivity index (χ1n) is 7.06. The minimum Gasteiger partial charge on any atom is -0.493 e. The average molecular weight is 283 g/mol. The summed E-state index contributed by atoms with van der Waals surface area (Å²) in [5.74, 6) is 2.02. The van der Waals surface area contributed by atoms with Crippen LogP contribution in [0.2, 0.25) is 0 Å². The van der Waals surface area contributed by atoms with E-state index < -0.39 is 0 Å². The monoisotopic (exact) mass is 283 g/mol. The fourth-order valence-electron chi connectivity index (χ4n) is 2.38. The Labute approximate surface area is 122 Å². The Morgan fingerprint density at radius 3 is 2.90 bits per heavy atom. The lowest BCUT2D eigenvalue weighted by Crippen LogP contribution is -1.98. The summed E-state index contributed by atoms with van der Waals surface area (Å²) in [7, 11) is 0. The summed E-state index contributed by atoms with van der Waals surface area (Å²) in [5, 5.41) is 1.09. The maximum absolute atomic E-state index is 10.7. The van der Waals surface area contributed by atoms with Crippen molar-refractivity contribution in [1.29, 1.82) is 0 Å². The molecule has 0 saturated heterocycles. The van der Waals surface area contributed by atoms with Gasteiger partial charge >= 0.3 is 0 Å². The minimum absolute atomic E-state index is 0.355. The van der Waals surface area contributed by atoms with Crippen molar-refractivity contribution in [2.24, 2.45) is 0 Å². The van der Waals surface area contributed by atoms with Crippen molar-refractivity contribution < 1.29 is 13.9 Å². The first-order chi connectivity index (χ1) is 10.3. The van der Waals surface area contributed by atoms with Gasteiger partial charge in [0.05, 0.1) is 18.7 Å². The topological polar surface area (TPSA) is 44.4 Å². The molecule has 3 rings (SSSR count). The van der Waals surface area contributed by atoms with E-state index in [9.17, 15) is 4.79 Å². The van der Waals surface area contributed by atoms with Crippen molar-refractivity contribution in [3.05, 3.63) is 54.1 Å². The van der Waals surface area contributed by atoms with Gasteiger partial charge in [-0.15, -0.1) is 0 Å². The van der Waals surface area contributed by atoms with Crippen molar-refractivity contribution in [3.8, 4) is 5.75 Å². The van der Waals surface area contributed by atoms with Gasteiger partial charge in [-0.1, -0.05) is 13.0 Å². The third kappa shape index (κ3) is 2.70. The molecule has 0 aliphatic heterocycles. The number of benzene rings is 1. The maximum Gasteiger partial charge on any atom is 0.185 e. The highest BCUT2D eigenvalue weighted by atomic mass is 16.5. The van der Waals surface area contributed by atoms with E-state index in [1.807, 2.05) is 30.5 Å². The van der Waals surface area contributed by atoms with E-state index in [1.165, 1.54) is 0 Å². The number of carbonyl (C=O) groups is 1. The van der Waals surface area contributed by atoms with Crippen LogP contribution in [0.1, 0.15) is 29.7 Å². The fraction of sp³-hybridized carbons (Fsp3) is 0.235. The molecule has 0 amide bonds. The first-order valence-corrected chi connectivity index (χ1v) is 7.06. The molecule has 0 radical (unpaired) electrons. The maximum atomic E-state index is 10.7. The molecule has 2 aromatic heterocycles. The Kier molecular flexibility index (Phi) is 3.77. The van der Waals surface area contributed by atoms with Crippen LogP contribution in [0.3, 0.4) is 0 Å². The molecular weight excluding hydrogens is 266 g/mol. The highest BCUT2D eigenvalue weighted by molar-refractivity contribution is 5.86.